The van der Waals surface area contributed by atoms with Crippen molar-refractivity contribution in [3.05, 3.63) is 54.1 Å². The lowest BCUT2D eigenvalue weighted by molar-refractivity contribution is -0.113. The number of hydrogen-bond donors (Lipinski definition) is 1. The molecular formula is C21H19N3O4S. The number of aryl methyl sites for hydroxylation is 1. The molecule has 0 saturated carbocycles. The quantitative estimate of drug-likeness (QED) is 0.433. The maximum absolute atomic E-state index is 12.2. The standard InChI is InChI=1S/C21H19N3O4S/c1-3-26-16-6-4-5-14-11-17(27-19(14)16)20-23-24-21(28-20)22-18(25)12-29-15-9-7-13(2)8-10-15/h4-11H,3,12H2,1-2H3,(H,22,24,25). The highest BCUT2D eigenvalue weighted by Crippen LogP contribution is 2.33. The van der Waals surface area contributed by atoms with Crippen LogP contribution < -0.4 is 10.1 Å². The number of ether oxygens (including phenoxy) is 1. The van der Waals surface area contributed by atoms with Crippen LogP contribution in [0.5, 0.6) is 5.75 Å². The van der Waals surface area contributed by atoms with Crippen molar-refractivity contribution in [3.8, 4) is 17.4 Å². The molecule has 2 heterocycles. The van der Waals surface area contributed by atoms with Crippen LogP contribution >= 0.6 is 11.8 Å². The maximum atomic E-state index is 12.2. The molecule has 0 bridgehead atoms. The molecule has 1 amide bonds. The summed E-state index contributed by atoms with van der Waals surface area (Å²) in [4.78, 5) is 13.2. The van der Waals surface area contributed by atoms with Crippen LogP contribution in [-0.2, 0) is 4.79 Å². The number of amides is 1. The molecule has 0 unspecified atom stereocenters. The van der Waals surface area contributed by atoms with Gasteiger partial charge in [-0.1, -0.05) is 34.9 Å². The monoisotopic (exact) mass is 409 g/mol. The number of furan rings is 1. The van der Waals surface area contributed by atoms with E-state index in [9.17, 15) is 4.79 Å². The molecule has 0 aliphatic rings. The van der Waals surface area contributed by atoms with Gasteiger partial charge in [-0.3, -0.25) is 10.1 Å². The van der Waals surface area contributed by atoms with Gasteiger partial charge in [0.2, 0.25) is 5.91 Å². The largest absolute Gasteiger partial charge is 0.490 e. The summed E-state index contributed by atoms with van der Waals surface area (Å²) in [6.07, 6.45) is 0. The van der Waals surface area contributed by atoms with Gasteiger partial charge in [-0.15, -0.1) is 16.9 Å². The van der Waals surface area contributed by atoms with E-state index in [0.717, 1.165) is 10.3 Å². The van der Waals surface area contributed by atoms with Gasteiger partial charge in [0, 0.05) is 10.3 Å². The molecule has 29 heavy (non-hydrogen) atoms. The Labute approximate surface area is 171 Å². The Morgan fingerprint density at radius 3 is 2.76 bits per heavy atom. The first-order valence-corrected chi connectivity index (χ1v) is 10.1. The number of aromatic nitrogens is 2. The smallest absolute Gasteiger partial charge is 0.322 e. The van der Waals surface area contributed by atoms with Crippen molar-refractivity contribution >= 4 is 34.7 Å². The van der Waals surface area contributed by atoms with Crippen molar-refractivity contribution in [3.63, 3.8) is 0 Å². The second-order valence-electron chi connectivity index (χ2n) is 6.28. The average molecular weight is 409 g/mol. The molecular weight excluding hydrogens is 390 g/mol. The third kappa shape index (κ3) is 4.43. The fraction of sp³-hybridized carbons (Fsp3) is 0.190. The molecule has 148 valence electrons. The Morgan fingerprint density at radius 2 is 1.97 bits per heavy atom. The van der Waals surface area contributed by atoms with Gasteiger partial charge in [0.1, 0.15) is 0 Å². The van der Waals surface area contributed by atoms with Crippen LogP contribution in [0.3, 0.4) is 0 Å². The molecule has 0 fully saturated rings. The Bertz CT molecular complexity index is 1130. The lowest BCUT2D eigenvalue weighted by atomic mass is 10.2. The summed E-state index contributed by atoms with van der Waals surface area (Å²) in [6.45, 7) is 4.47. The van der Waals surface area contributed by atoms with Gasteiger partial charge in [0.05, 0.1) is 12.4 Å². The molecule has 0 atom stereocenters. The number of carbonyl (C=O) groups is 1. The van der Waals surface area contributed by atoms with Crippen molar-refractivity contribution in [1.82, 2.24) is 10.2 Å². The second-order valence-corrected chi connectivity index (χ2v) is 7.33. The summed E-state index contributed by atoms with van der Waals surface area (Å²) >= 11 is 1.43. The van der Waals surface area contributed by atoms with E-state index >= 15 is 0 Å². The number of carbonyl (C=O) groups excluding carboxylic acids is 1. The van der Waals surface area contributed by atoms with Crippen LogP contribution in [0.25, 0.3) is 22.6 Å². The normalized spacial score (nSPS) is 11.0. The zero-order valence-corrected chi connectivity index (χ0v) is 16.8. The number of benzene rings is 2. The molecule has 0 aliphatic heterocycles. The van der Waals surface area contributed by atoms with Crippen molar-refractivity contribution < 1.29 is 18.4 Å². The number of para-hydroxylation sites is 1. The number of nitrogens with one attached hydrogen (secondary N) is 1. The van der Waals surface area contributed by atoms with E-state index in [1.54, 1.807) is 6.07 Å². The summed E-state index contributed by atoms with van der Waals surface area (Å²) in [5, 5.41) is 11.3. The Kier molecular flexibility index (Phi) is 5.53. The third-order valence-electron chi connectivity index (χ3n) is 4.08. The predicted molar refractivity (Wildman–Crippen MR) is 111 cm³/mol. The number of hydrogen-bond acceptors (Lipinski definition) is 7. The minimum atomic E-state index is -0.228. The number of rotatable bonds is 7. The van der Waals surface area contributed by atoms with Crippen LogP contribution in [0.4, 0.5) is 6.01 Å². The van der Waals surface area contributed by atoms with Gasteiger partial charge >= 0.3 is 6.01 Å². The van der Waals surface area contributed by atoms with Gasteiger partial charge in [-0.25, -0.2) is 0 Å². The van der Waals surface area contributed by atoms with E-state index in [2.05, 4.69) is 15.5 Å². The lowest BCUT2D eigenvalue weighted by Crippen LogP contribution is -2.14. The van der Waals surface area contributed by atoms with Gasteiger partial charge in [-0.05, 0) is 38.1 Å². The minimum absolute atomic E-state index is 0.0278. The Morgan fingerprint density at radius 1 is 1.14 bits per heavy atom. The summed E-state index contributed by atoms with van der Waals surface area (Å²) in [7, 11) is 0. The molecule has 0 aliphatic carbocycles. The van der Waals surface area contributed by atoms with E-state index in [0.29, 0.717) is 23.7 Å². The first-order chi connectivity index (χ1) is 14.1. The zero-order valence-electron chi connectivity index (χ0n) is 16.0. The van der Waals surface area contributed by atoms with Gasteiger partial charge in [-0.2, -0.15) is 0 Å². The highest BCUT2D eigenvalue weighted by molar-refractivity contribution is 8.00. The van der Waals surface area contributed by atoms with Crippen LogP contribution in [0.15, 0.2) is 62.3 Å². The topological polar surface area (TPSA) is 90.4 Å². The summed E-state index contributed by atoms with van der Waals surface area (Å²) in [5.74, 6) is 1.26. The van der Waals surface area contributed by atoms with Crippen molar-refractivity contribution in [2.24, 2.45) is 0 Å². The average Bonchev–Trinajstić information content (AvgIpc) is 3.35. The Balaban J connectivity index is 1.43. The van der Waals surface area contributed by atoms with E-state index in [-0.39, 0.29) is 23.6 Å². The van der Waals surface area contributed by atoms with Gasteiger partial charge in [0.15, 0.2) is 17.1 Å². The van der Waals surface area contributed by atoms with Crippen molar-refractivity contribution in [2.75, 3.05) is 17.7 Å². The molecule has 7 nitrogen and oxygen atoms in total. The first kappa shape index (κ1) is 19.1. The number of fused-ring (bicyclic) bond motifs is 1. The minimum Gasteiger partial charge on any atom is -0.490 e. The van der Waals surface area contributed by atoms with Gasteiger partial charge in [0.25, 0.3) is 5.89 Å². The molecule has 2 aromatic heterocycles. The number of anilines is 1. The SMILES string of the molecule is CCOc1cccc2cc(-c3nnc(NC(=O)CSc4ccc(C)cc4)o3)oc12. The van der Waals surface area contributed by atoms with Crippen molar-refractivity contribution in [1.29, 1.82) is 0 Å². The maximum Gasteiger partial charge on any atom is 0.322 e. The number of thioether (sulfide) groups is 1. The second kappa shape index (κ2) is 8.40. The van der Waals surface area contributed by atoms with Crippen LogP contribution in [0, 0.1) is 6.92 Å². The van der Waals surface area contributed by atoms with Crippen LogP contribution in [0.2, 0.25) is 0 Å². The summed E-state index contributed by atoms with van der Waals surface area (Å²) in [6, 6.07) is 15.4. The molecule has 8 heteroatoms. The van der Waals surface area contributed by atoms with Crippen LogP contribution in [-0.4, -0.2) is 28.5 Å². The van der Waals surface area contributed by atoms with Crippen molar-refractivity contribution in [2.45, 2.75) is 18.7 Å². The van der Waals surface area contributed by atoms with E-state index < -0.39 is 0 Å². The molecule has 1 N–H and O–H groups in total. The van der Waals surface area contributed by atoms with E-state index in [1.807, 2.05) is 56.3 Å². The van der Waals surface area contributed by atoms with Gasteiger partial charge < -0.3 is 13.6 Å². The lowest BCUT2D eigenvalue weighted by Gasteiger charge is -2.02. The molecule has 0 radical (unpaired) electrons. The fourth-order valence-corrected chi connectivity index (χ4v) is 3.42. The van der Waals surface area contributed by atoms with E-state index in [4.69, 9.17) is 13.6 Å². The predicted octanol–water partition coefficient (Wildman–Crippen LogP) is 4.92. The summed E-state index contributed by atoms with van der Waals surface area (Å²) < 4.78 is 16.9. The number of nitrogens with zero attached hydrogens (tertiary/aromatic N) is 2. The summed E-state index contributed by atoms with van der Waals surface area (Å²) in [5.41, 5.74) is 1.79. The molecule has 0 spiro atoms. The van der Waals surface area contributed by atoms with E-state index in [1.165, 1.54) is 17.3 Å². The Hall–Kier alpha value is -3.26. The highest BCUT2D eigenvalue weighted by Gasteiger charge is 2.17. The first-order valence-electron chi connectivity index (χ1n) is 9.11. The zero-order chi connectivity index (χ0) is 20.2. The highest BCUT2D eigenvalue weighted by atomic mass is 32.2. The van der Waals surface area contributed by atoms with Crippen LogP contribution in [0.1, 0.15) is 12.5 Å². The molecule has 4 rings (SSSR count). The molecule has 2 aromatic carbocycles. The third-order valence-corrected chi connectivity index (χ3v) is 5.09. The fourth-order valence-electron chi connectivity index (χ4n) is 2.72. The molecule has 0 saturated heterocycles. The molecule has 4 aromatic rings.